The minimum Gasteiger partial charge on any atom is -0.494 e. The number of aromatic nitrogens is 2. The fourth-order valence-electron chi connectivity index (χ4n) is 6.46. The third-order valence-corrected chi connectivity index (χ3v) is 9.10. The van der Waals surface area contributed by atoms with Gasteiger partial charge in [-0.2, -0.15) is 18.4 Å². The van der Waals surface area contributed by atoms with E-state index >= 15 is 0 Å². The third kappa shape index (κ3) is 6.30. The van der Waals surface area contributed by atoms with Crippen molar-refractivity contribution in [2.75, 3.05) is 20.3 Å². The maximum absolute atomic E-state index is 13.9. The van der Waals surface area contributed by atoms with Gasteiger partial charge in [-0.3, -0.25) is 0 Å². The van der Waals surface area contributed by atoms with Crippen LogP contribution in [0.15, 0.2) is 66.7 Å². The van der Waals surface area contributed by atoms with Crippen LogP contribution in [0.5, 0.6) is 17.2 Å². The molecule has 0 amide bonds. The van der Waals surface area contributed by atoms with Gasteiger partial charge in [0.05, 0.1) is 49.1 Å². The van der Waals surface area contributed by atoms with Crippen LogP contribution in [0.1, 0.15) is 52.0 Å². The number of rotatable bonds is 5. The number of methoxy groups -OCH3 is 1. The van der Waals surface area contributed by atoms with Crippen molar-refractivity contribution in [3.63, 3.8) is 0 Å². The first-order valence-corrected chi connectivity index (χ1v) is 16.0. The molecule has 48 heavy (non-hydrogen) atoms. The van der Waals surface area contributed by atoms with E-state index in [0.29, 0.717) is 73.8 Å². The lowest BCUT2D eigenvalue weighted by Crippen LogP contribution is -2.31. The molecule has 0 N–H and O–H groups in total. The van der Waals surface area contributed by atoms with Crippen LogP contribution in [0.4, 0.5) is 13.2 Å². The van der Waals surface area contributed by atoms with Crippen molar-refractivity contribution in [1.29, 1.82) is 5.26 Å². The van der Waals surface area contributed by atoms with Crippen molar-refractivity contribution < 1.29 is 32.1 Å². The fraction of sp³-hybridized carbons (Fsp3) is 0.316. The second kappa shape index (κ2) is 12.9. The van der Waals surface area contributed by atoms with Gasteiger partial charge < -0.3 is 23.5 Å². The van der Waals surface area contributed by atoms with E-state index in [4.69, 9.17) is 23.9 Å². The van der Waals surface area contributed by atoms with Crippen molar-refractivity contribution in [3.8, 4) is 34.4 Å². The predicted molar refractivity (Wildman–Crippen MR) is 174 cm³/mol. The van der Waals surface area contributed by atoms with E-state index in [0.717, 1.165) is 57.7 Å². The number of halogens is 3. The summed E-state index contributed by atoms with van der Waals surface area (Å²) in [6.07, 6.45) is -2.12. The van der Waals surface area contributed by atoms with Gasteiger partial charge in [0.25, 0.3) is 0 Å². The second-order valence-electron chi connectivity index (χ2n) is 12.3. The van der Waals surface area contributed by atoms with Crippen molar-refractivity contribution in [2.24, 2.45) is 0 Å². The van der Waals surface area contributed by atoms with Crippen molar-refractivity contribution in [3.05, 3.63) is 106 Å². The molecule has 1 fully saturated rings. The zero-order valence-electron chi connectivity index (χ0n) is 26.7. The Bertz CT molecular complexity index is 2040. The number of aryl methyl sites for hydroxylation is 2. The zero-order chi connectivity index (χ0) is 33.4. The summed E-state index contributed by atoms with van der Waals surface area (Å²) < 4.78 is 67.5. The van der Waals surface area contributed by atoms with Crippen LogP contribution < -0.4 is 14.2 Å². The van der Waals surface area contributed by atoms with Gasteiger partial charge in [0, 0.05) is 18.6 Å². The number of ether oxygens (including phenoxy) is 4. The molecule has 0 radical (unpaired) electrons. The molecular formula is C38H34F3N3O4. The summed E-state index contributed by atoms with van der Waals surface area (Å²) in [5.74, 6) is 2.06. The standard InChI is InChI=1S/C38H34F3N3O4/c1-23-13-28(16-36-43-37-33(44(36)21-31-10-12-46-31)17-29(38(39,40)41)18-35(37)45-2)34-19-32(23)26-5-3-7-30(15-26)48-22-27-9-8-24(20-42)14-25(27)6-4-11-47-34/h3,5,7-9,13-15,17-19,31H,4,6,10-12,16,21-22H2,1-2H3. The SMILES string of the molecule is COc1cc(C(F)(F)F)cc2c1nc(Cc1cc(C)c3cc1OCCCc1cc(C#N)ccc1COc1cccc-3c1)n2CC1CCO1. The molecule has 5 aromatic rings. The average molecular weight is 654 g/mol. The van der Waals surface area contributed by atoms with E-state index < -0.39 is 11.7 Å². The van der Waals surface area contributed by atoms with Gasteiger partial charge in [0.2, 0.25) is 0 Å². The summed E-state index contributed by atoms with van der Waals surface area (Å²) in [6.45, 7) is 3.84. The molecule has 1 saturated heterocycles. The van der Waals surface area contributed by atoms with Gasteiger partial charge in [0.1, 0.15) is 35.2 Å². The molecule has 246 valence electrons. The summed E-state index contributed by atoms with van der Waals surface area (Å²) >= 11 is 0. The second-order valence-corrected chi connectivity index (χ2v) is 12.3. The molecule has 3 heterocycles. The zero-order valence-corrected chi connectivity index (χ0v) is 26.7. The number of benzene rings is 4. The first-order valence-electron chi connectivity index (χ1n) is 16.0. The Kier molecular flexibility index (Phi) is 8.48. The van der Waals surface area contributed by atoms with E-state index in [1.165, 1.54) is 7.11 Å². The number of fused-ring (bicyclic) bond motifs is 7. The largest absolute Gasteiger partial charge is 0.494 e. The Morgan fingerprint density at radius 2 is 1.88 bits per heavy atom. The first-order chi connectivity index (χ1) is 23.2. The van der Waals surface area contributed by atoms with Crippen LogP contribution in [-0.2, 0) is 36.9 Å². The summed E-state index contributed by atoms with van der Waals surface area (Å²) in [7, 11) is 1.36. The minimum atomic E-state index is -4.54. The molecule has 1 atom stereocenters. The Morgan fingerprint density at radius 1 is 1.02 bits per heavy atom. The van der Waals surface area contributed by atoms with E-state index in [1.54, 1.807) is 0 Å². The number of nitrogens with zero attached hydrogens (tertiary/aromatic N) is 3. The predicted octanol–water partition coefficient (Wildman–Crippen LogP) is 8.19. The highest BCUT2D eigenvalue weighted by molar-refractivity contribution is 5.84. The monoisotopic (exact) mass is 653 g/mol. The van der Waals surface area contributed by atoms with E-state index in [2.05, 4.69) is 12.1 Å². The van der Waals surface area contributed by atoms with Gasteiger partial charge in [0.15, 0.2) is 0 Å². The molecular weight excluding hydrogens is 619 g/mol. The van der Waals surface area contributed by atoms with Gasteiger partial charge >= 0.3 is 6.18 Å². The van der Waals surface area contributed by atoms with Crippen LogP contribution in [0.3, 0.4) is 0 Å². The minimum absolute atomic E-state index is 0.0701. The smallest absolute Gasteiger partial charge is 0.416 e. The molecule has 0 saturated carbocycles. The molecule has 1 aromatic heterocycles. The van der Waals surface area contributed by atoms with Crippen molar-refractivity contribution in [2.45, 2.75) is 58.0 Å². The fourth-order valence-corrected chi connectivity index (χ4v) is 6.46. The lowest BCUT2D eigenvalue weighted by molar-refractivity contribution is -0.137. The number of hydrogen-bond donors (Lipinski definition) is 0. The molecule has 1 unspecified atom stereocenters. The van der Waals surface area contributed by atoms with E-state index in [9.17, 15) is 18.4 Å². The lowest BCUT2D eigenvalue weighted by atomic mass is 9.96. The van der Waals surface area contributed by atoms with Gasteiger partial charge in [-0.1, -0.05) is 24.3 Å². The van der Waals surface area contributed by atoms with Gasteiger partial charge in [-0.05, 0) is 96.5 Å². The first kappa shape index (κ1) is 31.6. The lowest BCUT2D eigenvalue weighted by Gasteiger charge is -2.28. The summed E-state index contributed by atoms with van der Waals surface area (Å²) in [5, 5.41) is 9.49. The normalized spacial score (nSPS) is 16.1. The number of alkyl halides is 3. The average Bonchev–Trinajstić information content (AvgIpc) is 3.40. The molecule has 4 bridgehead atoms. The molecule has 2 aliphatic heterocycles. The Morgan fingerprint density at radius 3 is 2.62 bits per heavy atom. The Hall–Kier alpha value is -5.01. The van der Waals surface area contributed by atoms with Crippen molar-refractivity contribution >= 4 is 11.0 Å². The van der Waals surface area contributed by atoms with Gasteiger partial charge in [-0.25, -0.2) is 4.98 Å². The molecule has 7 rings (SSSR count). The summed E-state index contributed by atoms with van der Waals surface area (Å²) in [6, 6.07) is 22.0. The Labute approximate surface area is 276 Å². The van der Waals surface area contributed by atoms with Crippen LogP contribution in [0.25, 0.3) is 22.2 Å². The summed E-state index contributed by atoms with van der Waals surface area (Å²) in [4.78, 5) is 4.86. The maximum Gasteiger partial charge on any atom is 0.416 e. The molecule has 7 nitrogen and oxygen atoms in total. The number of nitriles is 1. The van der Waals surface area contributed by atoms with Gasteiger partial charge in [-0.15, -0.1) is 0 Å². The highest BCUT2D eigenvalue weighted by Gasteiger charge is 2.33. The van der Waals surface area contributed by atoms with Crippen LogP contribution in [0.2, 0.25) is 0 Å². The third-order valence-electron chi connectivity index (χ3n) is 9.10. The highest BCUT2D eigenvalue weighted by atomic mass is 19.4. The van der Waals surface area contributed by atoms with Crippen LogP contribution in [0, 0.1) is 18.3 Å². The maximum atomic E-state index is 13.9. The summed E-state index contributed by atoms with van der Waals surface area (Å²) in [5.41, 5.74) is 6.42. The molecule has 10 heteroatoms. The van der Waals surface area contributed by atoms with E-state index in [1.807, 2.05) is 60.0 Å². The molecule has 4 aromatic carbocycles. The highest BCUT2D eigenvalue weighted by Crippen LogP contribution is 2.39. The topological polar surface area (TPSA) is 78.5 Å². The molecule has 0 spiro atoms. The quantitative estimate of drug-likeness (QED) is 0.190. The number of imidazole rings is 1. The Balaban J connectivity index is 1.31. The molecule has 0 aliphatic carbocycles. The number of hydrogen-bond acceptors (Lipinski definition) is 6. The van der Waals surface area contributed by atoms with Crippen molar-refractivity contribution in [1.82, 2.24) is 9.55 Å². The van der Waals surface area contributed by atoms with E-state index in [-0.39, 0.29) is 11.9 Å². The van der Waals surface area contributed by atoms with Crippen LogP contribution in [-0.4, -0.2) is 36.0 Å². The van der Waals surface area contributed by atoms with Crippen LogP contribution >= 0.6 is 0 Å². The molecule has 2 aliphatic rings.